The van der Waals surface area contributed by atoms with E-state index >= 15 is 0 Å². The number of likely N-dealkylation sites (N-methyl/N-ethyl adjacent to an activating group) is 1. The third kappa shape index (κ3) is 10.9. The van der Waals surface area contributed by atoms with Crippen LogP contribution in [0.2, 0.25) is 0 Å². The molecule has 13 nitrogen and oxygen atoms in total. The van der Waals surface area contributed by atoms with Crippen molar-refractivity contribution in [1.82, 2.24) is 10.2 Å². The van der Waals surface area contributed by atoms with Crippen molar-refractivity contribution < 1.29 is 54.1 Å². The molecule has 0 radical (unpaired) electrons. The maximum atomic E-state index is 13.8. The number of nitrogens with one attached hydrogen (secondary N) is 1. The summed E-state index contributed by atoms with van der Waals surface area (Å²) in [6.45, 7) is 6.99. The van der Waals surface area contributed by atoms with Gasteiger partial charge < -0.3 is 50.0 Å². The summed E-state index contributed by atoms with van der Waals surface area (Å²) in [6, 6.07) is 7.49. The lowest BCUT2D eigenvalue weighted by atomic mass is 9.91. The van der Waals surface area contributed by atoms with Crippen LogP contribution >= 0.6 is 0 Å². The van der Waals surface area contributed by atoms with Gasteiger partial charge in [0.2, 0.25) is 11.8 Å². The molecular formula is C35H56N2O11. The SMILES string of the molecule is CC[C@@H](C)[C@H]1C(=O)O[C@@H]([C@H](C)CCCC[C@@H](C)O[C@@H]2O[C@H](CO)[C@@H](O)[C@H](O)[C@@H]2O)C[C@H](O)CC(=O)N[C@H](Cc2ccccc2)C(=O)N1C. The molecule has 272 valence electrons. The Morgan fingerprint density at radius 3 is 2.27 bits per heavy atom. The van der Waals surface area contributed by atoms with Gasteiger partial charge in [-0.15, -0.1) is 0 Å². The van der Waals surface area contributed by atoms with E-state index < -0.39 is 79.4 Å². The summed E-state index contributed by atoms with van der Waals surface area (Å²) in [6.07, 6.45) is -5.60. The van der Waals surface area contributed by atoms with Crippen LogP contribution in [0.3, 0.4) is 0 Å². The number of aliphatic hydroxyl groups excluding tert-OH is 5. The molecule has 0 unspecified atom stereocenters. The van der Waals surface area contributed by atoms with Gasteiger partial charge in [-0.3, -0.25) is 9.59 Å². The first-order chi connectivity index (χ1) is 22.8. The number of carbonyl (C=O) groups excluding carboxylic acids is 3. The highest BCUT2D eigenvalue weighted by molar-refractivity contribution is 5.91. The van der Waals surface area contributed by atoms with E-state index in [2.05, 4.69) is 5.32 Å². The molecule has 2 heterocycles. The van der Waals surface area contributed by atoms with Gasteiger partial charge in [-0.2, -0.15) is 0 Å². The predicted molar refractivity (Wildman–Crippen MR) is 175 cm³/mol. The lowest BCUT2D eigenvalue weighted by molar-refractivity contribution is -0.310. The van der Waals surface area contributed by atoms with E-state index in [9.17, 15) is 39.9 Å². The Hall–Kier alpha value is -2.65. The van der Waals surface area contributed by atoms with E-state index in [1.807, 2.05) is 51.1 Å². The number of nitrogens with zero attached hydrogens (tertiary/aromatic N) is 1. The van der Waals surface area contributed by atoms with Gasteiger partial charge in [-0.05, 0) is 37.2 Å². The van der Waals surface area contributed by atoms with E-state index in [4.69, 9.17) is 14.2 Å². The van der Waals surface area contributed by atoms with Crippen LogP contribution in [0.1, 0.15) is 78.2 Å². The number of unbranched alkanes of at least 4 members (excludes halogenated alkanes) is 1. The van der Waals surface area contributed by atoms with Crippen molar-refractivity contribution in [2.75, 3.05) is 13.7 Å². The number of hydrogen-bond donors (Lipinski definition) is 6. The van der Waals surface area contributed by atoms with Crippen molar-refractivity contribution in [1.29, 1.82) is 0 Å². The van der Waals surface area contributed by atoms with E-state index in [1.165, 1.54) is 4.90 Å². The molecule has 3 rings (SSSR count). The van der Waals surface area contributed by atoms with Crippen molar-refractivity contribution in [3.8, 4) is 0 Å². The topological polar surface area (TPSA) is 195 Å². The fourth-order valence-electron chi connectivity index (χ4n) is 6.42. The van der Waals surface area contributed by atoms with Crippen molar-refractivity contribution in [3.63, 3.8) is 0 Å². The molecule has 0 spiro atoms. The average molecular weight is 681 g/mol. The molecule has 12 atom stereocenters. The molecule has 2 saturated heterocycles. The zero-order valence-corrected chi connectivity index (χ0v) is 28.8. The van der Waals surface area contributed by atoms with Crippen LogP contribution in [0.25, 0.3) is 0 Å². The largest absolute Gasteiger partial charge is 0.460 e. The summed E-state index contributed by atoms with van der Waals surface area (Å²) in [5.74, 6) is -1.82. The number of rotatable bonds is 13. The van der Waals surface area contributed by atoms with E-state index in [0.717, 1.165) is 5.56 Å². The van der Waals surface area contributed by atoms with Crippen molar-refractivity contribution in [2.45, 2.75) is 140 Å². The number of ether oxygens (including phenoxy) is 3. The molecule has 0 aromatic heterocycles. The highest BCUT2D eigenvalue weighted by Gasteiger charge is 2.44. The molecular weight excluding hydrogens is 624 g/mol. The van der Waals surface area contributed by atoms with Gasteiger partial charge in [0.05, 0.1) is 25.2 Å². The maximum Gasteiger partial charge on any atom is 0.329 e. The number of hydrogen-bond acceptors (Lipinski definition) is 11. The number of carbonyl (C=O) groups is 3. The molecule has 6 N–H and O–H groups in total. The molecule has 0 saturated carbocycles. The third-order valence-electron chi connectivity index (χ3n) is 9.67. The van der Waals surface area contributed by atoms with Crippen LogP contribution in [-0.2, 0) is 35.0 Å². The minimum Gasteiger partial charge on any atom is -0.460 e. The summed E-state index contributed by atoms with van der Waals surface area (Å²) in [7, 11) is 1.57. The van der Waals surface area contributed by atoms with Crippen LogP contribution in [-0.4, -0.2) is 123 Å². The number of benzene rings is 1. The normalized spacial score (nSPS) is 32.8. The Morgan fingerprint density at radius 2 is 1.62 bits per heavy atom. The monoisotopic (exact) mass is 680 g/mol. The first-order valence-electron chi connectivity index (χ1n) is 17.2. The quantitative estimate of drug-likeness (QED) is 0.129. The van der Waals surface area contributed by atoms with Crippen LogP contribution < -0.4 is 5.32 Å². The zero-order valence-electron chi connectivity index (χ0n) is 28.8. The summed E-state index contributed by atoms with van der Waals surface area (Å²) in [5, 5.41) is 53.4. The molecule has 2 aliphatic rings. The van der Waals surface area contributed by atoms with Crippen molar-refractivity contribution in [3.05, 3.63) is 35.9 Å². The second-order valence-corrected chi connectivity index (χ2v) is 13.6. The molecule has 48 heavy (non-hydrogen) atoms. The number of aliphatic hydroxyl groups is 5. The second-order valence-electron chi connectivity index (χ2n) is 13.6. The number of cyclic esters (lactones) is 1. The van der Waals surface area contributed by atoms with Gasteiger partial charge in [-0.25, -0.2) is 4.79 Å². The van der Waals surface area contributed by atoms with Crippen LogP contribution in [0, 0.1) is 11.8 Å². The highest BCUT2D eigenvalue weighted by Crippen LogP contribution is 2.27. The lowest BCUT2D eigenvalue weighted by Crippen LogP contribution is -2.59. The molecule has 2 fully saturated rings. The third-order valence-corrected chi connectivity index (χ3v) is 9.67. The van der Waals surface area contributed by atoms with Gasteiger partial charge in [0.25, 0.3) is 0 Å². The average Bonchev–Trinajstić information content (AvgIpc) is 3.05. The zero-order chi connectivity index (χ0) is 35.5. The minimum atomic E-state index is -1.52. The lowest BCUT2D eigenvalue weighted by Gasteiger charge is -2.40. The summed E-state index contributed by atoms with van der Waals surface area (Å²) in [4.78, 5) is 42.0. The molecule has 0 aliphatic carbocycles. The number of esters is 1. The Morgan fingerprint density at radius 1 is 0.958 bits per heavy atom. The molecule has 13 heteroatoms. The minimum absolute atomic E-state index is 0.0607. The Balaban J connectivity index is 1.65. The van der Waals surface area contributed by atoms with Crippen molar-refractivity contribution >= 4 is 17.8 Å². The van der Waals surface area contributed by atoms with Crippen LogP contribution in [0.5, 0.6) is 0 Å². The van der Waals surface area contributed by atoms with Gasteiger partial charge >= 0.3 is 5.97 Å². The van der Waals surface area contributed by atoms with Gasteiger partial charge in [0.1, 0.15) is 42.6 Å². The van der Waals surface area contributed by atoms with E-state index in [1.54, 1.807) is 14.0 Å². The maximum absolute atomic E-state index is 13.8. The standard InChI is InChI=1S/C35H56N2O11/c1-6-20(2)29-34(45)47-26(17-24(39)18-28(40)36-25(33(44)37(29)5)16-23-14-8-7-9-15-23)21(3)12-10-11-13-22(4)46-35-32(43)31(42)30(41)27(19-38)48-35/h7-9,14-15,20-22,24-27,29-32,35,38-39,41-43H,6,10-13,16-19H2,1-5H3,(H,36,40)/t20-,21-,22-,24+,25-,26-,27-,29+,30-,31+,32+,35-/m1/s1. The molecule has 1 aromatic carbocycles. The Kier molecular flexibility index (Phi) is 15.7. The molecule has 2 aliphatic heterocycles. The fraction of sp³-hybridized carbons (Fsp3) is 0.743. The smallest absolute Gasteiger partial charge is 0.329 e. The first kappa shape index (κ1) is 39.8. The Bertz CT molecular complexity index is 1150. The van der Waals surface area contributed by atoms with Gasteiger partial charge in [0, 0.05) is 19.9 Å². The Labute approximate surface area is 283 Å². The van der Waals surface area contributed by atoms with Crippen LogP contribution in [0.4, 0.5) is 0 Å². The molecule has 1 aromatic rings. The number of amides is 2. The fourth-order valence-corrected chi connectivity index (χ4v) is 6.42. The van der Waals surface area contributed by atoms with E-state index in [0.29, 0.717) is 32.1 Å². The summed E-state index contributed by atoms with van der Waals surface area (Å²) >= 11 is 0. The molecule has 2 amide bonds. The predicted octanol–water partition coefficient (Wildman–Crippen LogP) is 1.06. The molecule has 0 bridgehead atoms. The van der Waals surface area contributed by atoms with Gasteiger partial charge in [0.15, 0.2) is 6.29 Å². The second kappa shape index (κ2) is 18.9. The van der Waals surface area contributed by atoms with E-state index in [-0.39, 0.29) is 37.2 Å². The summed E-state index contributed by atoms with van der Waals surface area (Å²) in [5.41, 5.74) is 0.851. The van der Waals surface area contributed by atoms with Gasteiger partial charge in [-0.1, -0.05) is 70.4 Å². The van der Waals surface area contributed by atoms with Crippen molar-refractivity contribution in [2.24, 2.45) is 11.8 Å². The first-order valence-corrected chi connectivity index (χ1v) is 17.2. The highest BCUT2D eigenvalue weighted by atomic mass is 16.7. The summed E-state index contributed by atoms with van der Waals surface area (Å²) < 4.78 is 17.3. The van der Waals surface area contributed by atoms with Crippen LogP contribution in [0.15, 0.2) is 30.3 Å².